The van der Waals surface area contributed by atoms with Gasteiger partial charge in [0.2, 0.25) is 0 Å². The Morgan fingerprint density at radius 2 is 1.70 bits per heavy atom. The third-order valence-corrected chi connectivity index (χ3v) is 5.63. The quantitative estimate of drug-likeness (QED) is 0.530. The van der Waals surface area contributed by atoms with E-state index in [0.29, 0.717) is 0 Å². The molecule has 0 saturated carbocycles. The molecule has 6 heteroatoms. The minimum atomic E-state index is 0.0954. The van der Waals surface area contributed by atoms with Crippen molar-refractivity contribution in [3.8, 4) is 5.69 Å². The SMILES string of the molecule is O=C(c1ccc(-n2cnc3ccccc32)cc1)N1CCN(Cc2cccnc2)CC1. The van der Waals surface area contributed by atoms with Crippen LogP contribution in [0.5, 0.6) is 0 Å². The van der Waals surface area contributed by atoms with Crippen molar-refractivity contribution in [3.63, 3.8) is 0 Å². The van der Waals surface area contributed by atoms with Crippen molar-refractivity contribution in [1.29, 1.82) is 0 Å². The Hall–Kier alpha value is -3.51. The van der Waals surface area contributed by atoms with Gasteiger partial charge in [-0.25, -0.2) is 4.98 Å². The summed E-state index contributed by atoms with van der Waals surface area (Å²) in [6.45, 7) is 4.11. The van der Waals surface area contributed by atoms with Gasteiger partial charge in [0.1, 0.15) is 6.33 Å². The van der Waals surface area contributed by atoms with Gasteiger partial charge in [0, 0.05) is 56.4 Å². The number of fused-ring (bicyclic) bond motifs is 1. The van der Waals surface area contributed by atoms with Crippen LogP contribution in [0.15, 0.2) is 79.4 Å². The van der Waals surface area contributed by atoms with E-state index in [1.807, 2.05) is 76.6 Å². The molecule has 0 N–H and O–H groups in total. The number of carbonyl (C=O) groups excluding carboxylic acids is 1. The summed E-state index contributed by atoms with van der Waals surface area (Å²) in [6.07, 6.45) is 5.52. The summed E-state index contributed by atoms with van der Waals surface area (Å²) < 4.78 is 2.04. The van der Waals surface area contributed by atoms with Gasteiger partial charge in [-0.15, -0.1) is 0 Å². The summed E-state index contributed by atoms with van der Waals surface area (Å²) >= 11 is 0. The fraction of sp³-hybridized carbons (Fsp3) is 0.208. The number of rotatable bonds is 4. The van der Waals surface area contributed by atoms with Gasteiger partial charge in [-0.2, -0.15) is 0 Å². The molecule has 0 aliphatic carbocycles. The van der Waals surface area contributed by atoms with Crippen molar-refractivity contribution in [2.24, 2.45) is 0 Å². The average molecular weight is 397 g/mol. The molecule has 1 aliphatic heterocycles. The second-order valence-corrected chi connectivity index (χ2v) is 7.58. The summed E-state index contributed by atoms with van der Waals surface area (Å²) in [4.78, 5) is 25.9. The number of nitrogens with zero attached hydrogens (tertiary/aromatic N) is 5. The lowest BCUT2D eigenvalue weighted by atomic mass is 10.1. The highest BCUT2D eigenvalue weighted by atomic mass is 16.2. The van der Waals surface area contributed by atoms with Crippen molar-refractivity contribution in [3.05, 3.63) is 90.5 Å². The van der Waals surface area contributed by atoms with Crippen LogP contribution in [0, 0.1) is 0 Å². The molecule has 6 nitrogen and oxygen atoms in total. The monoisotopic (exact) mass is 397 g/mol. The van der Waals surface area contributed by atoms with Crippen LogP contribution < -0.4 is 0 Å². The first kappa shape index (κ1) is 18.5. The number of imidazole rings is 1. The minimum absolute atomic E-state index is 0.0954. The number of pyridine rings is 1. The molecule has 0 spiro atoms. The van der Waals surface area contributed by atoms with Crippen LogP contribution in [0.4, 0.5) is 0 Å². The topological polar surface area (TPSA) is 54.3 Å². The fourth-order valence-corrected chi connectivity index (χ4v) is 3.97. The summed E-state index contributed by atoms with van der Waals surface area (Å²) in [6, 6.07) is 19.9. The maximum Gasteiger partial charge on any atom is 0.253 e. The predicted molar refractivity (Wildman–Crippen MR) is 116 cm³/mol. The Morgan fingerprint density at radius 3 is 2.47 bits per heavy atom. The molecule has 1 amide bonds. The molecular formula is C24H23N5O. The maximum atomic E-state index is 13.0. The van der Waals surface area contributed by atoms with E-state index in [1.54, 1.807) is 6.20 Å². The second kappa shape index (κ2) is 8.08. The number of para-hydroxylation sites is 2. The van der Waals surface area contributed by atoms with Gasteiger partial charge in [-0.05, 0) is 48.0 Å². The smallest absolute Gasteiger partial charge is 0.253 e. The third kappa shape index (κ3) is 3.69. The number of piperazine rings is 1. The lowest BCUT2D eigenvalue weighted by Gasteiger charge is -2.34. The average Bonchev–Trinajstić information content (AvgIpc) is 3.24. The number of aromatic nitrogens is 3. The van der Waals surface area contributed by atoms with Gasteiger partial charge in [-0.3, -0.25) is 19.2 Å². The molecule has 0 unspecified atom stereocenters. The molecule has 2 aromatic carbocycles. The van der Waals surface area contributed by atoms with Gasteiger partial charge in [-0.1, -0.05) is 18.2 Å². The van der Waals surface area contributed by atoms with E-state index in [9.17, 15) is 4.79 Å². The zero-order valence-corrected chi connectivity index (χ0v) is 16.7. The van der Waals surface area contributed by atoms with Gasteiger partial charge in [0.25, 0.3) is 5.91 Å². The molecule has 2 aromatic heterocycles. The predicted octanol–water partition coefficient (Wildman–Crippen LogP) is 3.38. The van der Waals surface area contributed by atoms with Crippen molar-refractivity contribution in [2.75, 3.05) is 26.2 Å². The Bertz CT molecular complexity index is 1150. The maximum absolute atomic E-state index is 13.0. The molecule has 150 valence electrons. The lowest BCUT2D eigenvalue weighted by Crippen LogP contribution is -2.48. The van der Waals surface area contributed by atoms with Crippen LogP contribution in [-0.2, 0) is 6.54 Å². The molecule has 30 heavy (non-hydrogen) atoms. The molecule has 0 radical (unpaired) electrons. The largest absolute Gasteiger partial charge is 0.336 e. The van der Waals surface area contributed by atoms with Crippen LogP contribution >= 0.6 is 0 Å². The highest BCUT2D eigenvalue weighted by Gasteiger charge is 2.22. The first-order valence-electron chi connectivity index (χ1n) is 10.2. The molecule has 4 aromatic rings. The molecule has 1 aliphatic rings. The zero-order chi connectivity index (χ0) is 20.3. The Kier molecular flexibility index (Phi) is 4.99. The Labute approximate surface area is 175 Å². The standard InChI is InChI=1S/C24H23N5O/c30-24(28-14-12-27(13-15-28)17-19-4-3-11-25-16-19)20-7-9-21(10-8-20)29-18-26-22-5-1-2-6-23(22)29/h1-11,16,18H,12-15,17H2. The fourth-order valence-electron chi connectivity index (χ4n) is 3.97. The molecule has 5 rings (SSSR count). The van der Waals surface area contributed by atoms with Crippen molar-refractivity contribution >= 4 is 16.9 Å². The molecule has 0 atom stereocenters. The lowest BCUT2D eigenvalue weighted by molar-refractivity contribution is 0.0628. The number of benzene rings is 2. The summed E-state index contributed by atoms with van der Waals surface area (Å²) in [5.74, 6) is 0.0954. The van der Waals surface area contributed by atoms with Crippen LogP contribution in [0.2, 0.25) is 0 Å². The minimum Gasteiger partial charge on any atom is -0.336 e. The number of hydrogen-bond donors (Lipinski definition) is 0. The number of hydrogen-bond acceptors (Lipinski definition) is 4. The van der Waals surface area contributed by atoms with E-state index in [0.717, 1.165) is 55.0 Å². The van der Waals surface area contributed by atoms with E-state index in [4.69, 9.17) is 0 Å². The van der Waals surface area contributed by atoms with Gasteiger partial charge in [0.05, 0.1) is 11.0 Å². The molecule has 0 bridgehead atoms. The summed E-state index contributed by atoms with van der Waals surface area (Å²) in [5.41, 5.74) is 4.95. The Morgan fingerprint density at radius 1 is 0.900 bits per heavy atom. The van der Waals surface area contributed by atoms with E-state index in [1.165, 1.54) is 5.56 Å². The van der Waals surface area contributed by atoms with E-state index >= 15 is 0 Å². The van der Waals surface area contributed by atoms with E-state index in [2.05, 4.69) is 20.9 Å². The first-order valence-corrected chi connectivity index (χ1v) is 10.2. The van der Waals surface area contributed by atoms with E-state index < -0.39 is 0 Å². The third-order valence-electron chi connectivity index (χ3n) is 5.63. The van der Waals surface area contributed by atoms with Crippen LogP contribution in [0.3, 0.4) is 0 Å². The zero-order valence-electron chi connectivity index (χ0n) is 16.7. The summed E-state index contributed by atoms with van der Waals surface area (Å²) in [5, 5.41) is 0. The summed E-state index contributed by atoms with van der Waals surface area (Å²) in [7, 11) is 0. The van der Waals surface area contributed by atoms with Crippen LogP contribution in [0.1, 0.15) is 15.9 Å². The van der Waals surface area contributed by atoms with Crippen molar-refractivity contribution < 1.29 is 4.79 Å². The normalized spacial score (nSPS) is 14.9. The highest BCUT2D eigenvalue weighted by molar-refractivity contribution is 5.94. The van der Waals surface area contributed by atoms with Crippen LogP contribution in [0.25, 0.3) is 16.7 Å². The van der Waals surface area contributed by atoms with Gasteiger partial charge < -0.3 is 4.90 Å². The van der Waals surface area contributed by atoms with Gasteiger partial charge in [0.15, 0.2) is 0 Å². The number of amides is 1. The van der Waals surface area contributed by atoms with E-state index in [-0.39, 0.29) is 5.91 Å². The molecule has 1 saturated heterocycles. The number of carbonyl (C=O) groups is 1. The molecule has 3 heterocycles. The van der Waals surface area contributed by atoms with Crippen molar-refractivity contribution in [1.82, 2.24) is 24.3 Å². The van der Waals surface area contributed by atoms with Crippen molar-refractivity contribution in [2.45, 2.75) is 6.54 Å². The van der Waals surface area contributed by atoms with Crippen LogP contribution in [-0.4, -0.2) is 56.4 Å². The first-order chi connectivity index (χ1) is 14.8. The molecule has 1 fully saturated rings. The Balaban J connectivity index is 1.24. The molecular weight excluding hydrogens is 374 g/mol. The van der Waals surface area contributed by atoms with Gasteiger partial charge >= 0.3 is 0 Å². The highest BCUT2D eigenvalue weighted by Crippen LogP contribution is 2.19. The second-order valence-electron chi connectivity index (χ2n) is 7.58.